The zero-order chi connectivity index (χ0) is 35.3. The molecule has 3 nitrogen and oxygen atoms in total. The van der Waals surface area contributed by atoms with E-state index in [9.17, 15) is 5.41 Å². The van der Waals surface area contributed by atoms with Crippen LogP contribution in [-0.2, 0) is 6.54 Å². The fraction of sp³-hybridized carbons (Fsp3) is 0.0612. The molecule has 1 aliphatic carbocycles. The lowest BCUT2D eigenvalue weighted by Gasteiger charge is -2.14. The summed E-state index contributed by atoms with van der Waals surface area (Å²) in [4.78, 5) is 4.99. The second-order valence-electron chi connectivity index (χ2n) is 13.8. The maximum absolute atomic E-state index is 9.20. The predicted octanol–water partition coefficient (Wildman–Crippen LogP) is 11.1. The standard InChI is InChI=1S/C49H35N3S/c50-48(35-19-17-34(18-20-35)39-14-7-10-32-8-1-3-11-38(32)39)52-49(51-30-31-16-24-45-44-13-5-6-15-46(44)53-47(45)28-31)37-23-25-41-36(29-37)22-27-42-40-12-4-2-9-33(40)21-26-43(41)42/h1-4,7-29H,5-6,30H2,(H2,50,51,52). The van der Waals surface area contributed by atoms with Crippen molar-refractivity contribution in [3.63, 3.8) is 0 Å². The molecule has 10 rings (SSSR count). The number of thiophene rings is 1. The molecule has 1 aliphatic rings. The summed E-state index contributed by atoms with van der Waals surface area (Å²) in [6.07, 6.45) is 6.97. The van der Waals surface area contributed by atoms with Gasteiger partial charge in [-0.15, -0.1) is 11.3 Å². The summed E-state index contributed by atoms with van der Waals surface area (Å²) in [6.45, 7) is 0.597. The van der Waals surface area contributed by atoms with E-state index in [0.717, 1.165) is 34.9 Å². The van der Waals surface area contributed by atoms with Gasteiger partial charge in [-0.1, -0.05) is 152 Å². The largest absolute Gasteiger partial charge is 0.365 e. The highest BCUT2D eigenvalue weighted by molar-refractivity contribution is 7.17. The third-order valence-corrected chi connectivity index (χ3v) is 11.8. The maximum atomic E-state index is 9.20. The van der Waals surface area contributed by atoms with Crippen LogP contribution in [0.15, 0.2) is 157 Å². The molecule has 4 heteroatoms. The number of nitrogens with one attached hydrogen (secondary N) is 2. The number of benzene rings is 8. The van der Waals surface area contributed by atoms with Crippen molar-refractivity contribution < 1.29 is 0 Å². The minimum atomic E-state index is 0.217. The first-order valence-electron chi connectivity index (χ1n) is 18.2. The third-order valence-electron chi connectivity index (χ3n) is 10.6. The van der Waals surface area contributed by atoms with Gasteiger partial charge in [0.05, 0.1) is 0 Å². The molecule has 0 saturated carbocycles. The van der Waals surface area contributed by atoms with E-state index in [4.69, 9.17) is 4.99 Å². The van der Waals surface area contributed by atoms with Crippen LogP contribution in [0.25, 0.3) is 76.5 Å². The van der Waals surface area contributed by atoms with Crippen LogP contribution in [0.1, 0.15) is 29.5 Å². The van der Waals surface area contributed by atoms with E-state index in [1.807, 2.05) is 23.5 Å². The molecule has 0 amide bonds. The second-order valence-corrected chi connectivity index (χ2v) is 14.9. The number of hydrogen-bond acceptors (Lipinski definition) is 2. The highest BCUT2D eigenvalue weighted by Crippen LogP contribution is 2.32. The van der Waals surface area contributed by atoms with Crippen LogP contribution in [0.4, 0.5) is 0 Å². The van der Waals surface area contributed by atoms with Crippen molar-refractivity contribution >= 4 is 88.3 Å². The van der Waals surface area contributed by atoms with Crippen molar-refractivity contribution in [1.82, 2.24) is 5.32 Å². The number of amidine groups is 2. The molecular weight excluding hydrogens is 663 g/mol. The Morgan fingerprint density at radius 1 is 0.566 bits per heavy atom. The molecule has 0 atom stereocenters. The van der Waals surface area contributed by atoms with E-state index in [2.05, 4.69) is 157 Å². The zero-order valence-electron chi connectivity index (χ0n) is 29.1. The van der Waals surface area contributed by atoms with Gasteiger partial charge in [0.15, 0.2) is 5.84 Å². The van der Waals surface area contributed by atoms with Gasteiger partial charge in [0.2, 0.25) is 0 Å². The van der Waals surface area contributed by atoms with Crippen molar-refractivity contribution in [3.8, 4) is 11.1 Å². The summed E-state index contributed by atoms with van der Waals surface area (Å²) in [5.74, 6) is 0.899. The van der Waals surface area contributed by atoms with Crippen LogP contribution < -0.4 is 15.1 Å². The SMILES string of the molecule is N=C(N=C(NCc1ccc2c3c(sc2c1)=CCCC=3)c1ccc2c(ccc3c4ccccc4ccc23)c1)c1ccc(-c2cccc3ccccc23)cc1. The predicted molar refractivity (Wildman–Crippen MR) is 228 cm³/mol. The molecular formula is C49H35N3S. The minimum absolute atomic E-state index is 0.217. The highest BCUT2D eigenvalue weighted by Gasteiger charge is 2.13. The van der Waals surface area contributed by atoms with E-state index in [1.54, 1.807) is 0 Å². The quantitative estimate of drug-likeness (QED) is 0.105. The van der Waals surface area contributed by atoms with Gasteiger partial charge in [0, 0.05) is 26.9 Å². The van der Waals surface area contributed by atoms with Crippen molar-refractivity contribution in [2.45, 2.75) is 19.4 Å². The fourth-order valence-electron chi connectivity index (χ4n) is 7.92. The molecule has 0 bridgehead atoms. The summed E-state index contributed by atoms with van der Waals surface area (Å²) in [5.41, 5.74) is 5.21. The van der Waals surface area contributed by atoms with Gasteiger partial charge in [-0.25, -0.2) is 4.99 Å². The first kappa shape index (κ1) is 31.4. The topological polar surface area (TPSA) is 48.2 Å². The van der Waals surface area contributed by atoms with Crippen molar-refractivity contribution in [2.24, 2.45) is 4.99 Å². The Bertz CT molecular complexity index is 3070. The summed E-state index contributed by atoms with van der Waals surface area (Å²) < 4.78 is 2.70. The molecule has 53 heavy (non-hydrogen) atoms. The lowest BCUT2D eigenvalue weighted by atomic mass is 9.96. The van der Waals surface area contributed by atoms with Crippen LogP contribution in [0.3, 0.4) is 0 Å². The lowest BCUT2D eigenvalue weighted by Crippen LogP contribution is -2.25. The van der Waals surface area contributed by atoms with Crippen molar-refractivity contribution in [3.05, 3.63) is 178 Å². The molecule has 0 spiro atoms. The normalized spacial score (nSPS) is 12.9. The molecule has 0 unspecified atom stereocenters. The van der Waals surface area contributed by atoms with Gasteiger partial charge >= 0.3 is 0 Å². The molecule has 2 N–H and O–H groups in total. The van der Waals surface area contributed by atoms with Crippen LogP contribution in [0.2, 0.25) is 0 Å². The Kier molecular flexibility index (Phi) is 7.70. The Morgan fingerprint density at radius 2 is 1.23 bits per heavy atom. The Hall–Kier alpha value is -6.36. The van der Waals surface area contributed by atoms with Crippen LogP contribution in [-0.4, -0.2) is 11.7 Å². The average Bonchev–Trinajstić information content (AvgIpc) is 3.59. The van der Waals surface area contributed by atoms with Gasteiger partial charge in [0.25, 0.3) is 0 Å². The second kappa shape index (κ2) is 13.0. The smallest absolute Gasteiger partial charge is 0.154 e. The zero-order valence-corrected chi connectivity index (χ0v) is 29.9. The van der Waals surface area contributed by atoms with E-state index in [-0.39, 0.29) is 5.84 Å². The number of hydrogen-bond donors (Lipinski definition) is 2. The van der Waals surface area contributed by atoms with Gasteiger partial charge in [-0.2, -0.15) is 0 Å². The Labute approximate surface area is 311 Å². The molecule has 1 aromatic heterocycles. The van der Waals surface area contributed by atoms with E-state index in [0.29, 0.717) is 12.4 Å². The van der Waals surface area contributed by atoms with Gasteiger partial charge in [-0.05, 0) is 95.4 Å². The Balaban J connectivity index is 1.02. The van der Waals surface area contributed by atoms with Gasteiger partial charge < -0.3 is 5.32 Å². The fourth-order valence-corrected chi connectivity index (χ4v) is 9.16. The molecule has 0 radical (unpaired) electrons. The van der Waals surface area contributed by atoms with Gasteiger partial charge in [-0.3, -0.25) is 5.41 Å². The highest BCUT2D eigenvalue weighted by atomic mass is 32.1. The number of aliphatic imine (C=N–C) groups is 1. The molecule has 0 fully saturated rings. The first-order valence-corrected chi connectivity index (χ1v) is 19.0. The summed E-state index contributed by atoms with van der Waals surface area (Å²) >= 11 is 1.88. The van der Waals surface area contributed by atoms with Crippen molar-refractivity contribution in [2.75, 3.05) is 0 Å². The lowest BCUT2D eigenvalue weighted by molar-refractivity contribution is 0.917. The van der Waals surface area contributed by atoms with Crippen LogP contribution >= 0.6 is 11.3 Å². The van der Waals surface area contributed by atoms with E-state index in [1.165, 1.54) is 68.7 Å². The Morgan fingerprint density at radius 3 is 2.08 bits per heavy atom. The monoisotopic (exact) mass is 697 g/mol. The van der Waals surface area contributed by atoms with Crippen LogP contribution in [0.5, 0.6) is 0 Å². The van der Waals surface area contributed by atoms with E-state index < -0.39 is 0 Å². The summed E-state index contributed by atoms with van der Waals surface area (Å²) in [6, 6.07) is 53.9. The van der Waals surface area contributed by atoms with Crippen molar-refractivity contribution in [1.29, 1.82) is 5.41 Å². The minimum Gasteiger partial charge on any atom is -0.365 e. The molecule has 252 valence electrons. The molecule has 9 aromatic rings. The summed E-state index contributed by atoms with van der Waals surface area (Å²) in [5, 5.41) is 25.4. The third kappa shape index (κ3) is 5.69. The molecule has 8 aromatic carbocycles. The number of fused-ring (bicyclic) bond motifs is 9. The first-order chi connectivity index (χ1) is 26.2. The average molecular weight is 698 g/mol. The summed E-state index contributed by atoms with van der Waals surface area (Å²) in [7, 11) is 0. The maximum Gasteiger partial charge on any atom is 0.154 e. The molecule has 0 saturated heterocycles. The van der Waals surface area contributed by atoms with Crippen LogP contribution in [0, 0.1) is 5.41 Å². The molecule has 0 aliphatic heterocycles. The van der Waals surface area contributed by atoms with Gasteiger partial charge in [0.1, 0.15) is 5.84 Å². The number of rotatable bonds is 5. The van der Waals surface area contributed by atoms with E-state index >= 15 is 0 Å². The number of nitrogens with zero attached hydrogens (tertiary/aromatic N) is 1. The molecule has 1 heterocycles.